The number of ether oxygens (including phenoxy) is 2. The molecule has 23 heavy (non-hydrogen) atoms. The normalized spacial score (nSPS) is 16.3. The molecule has 1 fully saturated rings. The summed E-state index contributed by atoms with van der Waals surface area (Å²) in [6.07, 6.45) is 2.71. The number of hydrogen-bond acceptors (Lipinski definition) is 4. The second-order valence-corrected chi connectivity index (χ2v) is 4.98. The Morgan fingerprint density at radius 3 is 1.61 bits per heavy atom. The summed E-state index contributed by atoms with van der Waals surface area (Å²) in [6.45, 7) is 3.50. The minimum Gasteiger partial charge on any atom is -0.391 e. The highest BCUT2D eigenvalue weighted by Crippen LogP contribution is 2.39. The van der Waals surface area contributed by atoms with Crippen molar-refractivity contribution in [3.05, 3.63) is 96.5 Å². The Kier molecular flexibility index (Phi) is 3.81. The maximum absolute atomic E-state index is 12.8. The van der Waals surface area contributed by atoms with E-state index in [1.807, 2.05) is 12.1 Å². The molecule has 0 saturated carbocycles. The largest absolute Gasteiger partial charge is 0.391 e. The third-order valence-corrected chi connectivity index (χ3v) is 3.67. The van der Waals surface area contributed by atoms with Crippen LogP contribution in [0.4, 0.5) is 0 Å². The second-order valence-electron chi connectivity index (χ2n) is 4.98. The molecule has 1 saturated heterocycles. The first-order chi connectivity index (χ1) is 11.2. The molecule has 4 heteroatoms. The predicted octanol–water partition coefficient (Wildman–Crippen LogP) is 3.10. The van der Waals surface area contributed by atoms with Gasteiger partial charge in [0.15, 0.2) is 0 Å². The maximum Gasteiger partial charge on any atom is 0.340 e. The van der Waals surface area contributed by atoms with Crippen molar-refractivity contribution in [1.29, 1.82) is 0 Å². The van der Waals surface area contributed by atoms with Gasteiger partial charge in [-0.1, -0.05) is 73.3 Å². The van der Waals surface area contributed by atoms with E-state index in [0.717, 1.165) is 0 Å². The third-order valence-electron chi connectivity index (χ3n) is 3.67. The van der Waals surface area contributed by atoms with Crippen molar-refractivity contribution >= 4 is 11.9 Å². The number of carbonyl (C=O) groups is 2. The Hall–Kier alpha value is -3.14. The van der Waals surface area contributed by atoms with E-state index in [4.69, 9.17) is 9.47 Å². The van der Waals surface area contributed by atoms with Gasteiger partial charge >= 0.3 is 11.9 Å². The van der Waals surface area contributed by atoms with Crippen molar-refractivity contribution in [3.8, 4) is 0 Å². The lowest BCUT2D eigenvalue weighted by molar-refractivity contribution is -0.176. The van der Waals surface area contributed by atoms with E-state index in [1.165, 1.54) is 12.2 Å². The van der Waals surface area contributed by atoms with E-state index in [2.05, 4.69) is 6.58 Å². The summed E-state index contributed by atoms with van der Waals surface area (Å²) in [7, 11) is 0. The molecule has 0 aromatic heterocycles. The zero-order valence-electron chi connectivity index (χ0n) is 12.3. The van der Waals surface area contributed by atoms with Crippen LogP contribution in [0, 0.1) is 0 Å². The molecule has 4 nitrogen and oxygen atoms in total. The fraction of sp³-hybridized carbons (Fsp3) is 0.0526. The Balaban J connectivity index is 2.22. The van der Waals surface area contributed by atoms with Crippen molar-refractivity contribution in [3.63, 3.8) is 0 Å². The minimum atomic E-state index is -1.64. The average molecular weight is 306 g/mol. The van der Waals surface area contributed by atoms with Gasteiger partial charge in [0.05, 0.1) is 0 Å². The van der Waals surface area contributed by atoms with Gasteiger partial charge in [0.2, 0.25) is 5.41 Å². The Morgan fingerprint density at radius 1 is 0.783 bits per heavy atom. The summed E-state index contributed by atoms with van der Waals surface area (Å²) in [4.78, 5) is 25.6. The number of allylic oxidation sites excluding steroid dienone is 2. The molecule has 0 amide bonds. The topological polar surface area (TPSA) is 52.6 Å². The van der Waals surface area contributed by atoms with E-state index in [1.54, 1.807) is 48.5 Å². The number of benzene rings is 2. The van der Waals surface area contributed by atoms with E-state index < -0.39 is 17.4 Å². The molecular formula is C19H14O4. The smallest absolute Gasteiger partial charge is 0.340 e. The molecule has 1 aliphatic heterocycles. The zero-order valence-corrected chi connectivity index (χ0v) is 12.3. The molecule has 2 aromatic carbocycles. The predicted molar refractivity (Wildman–Crippen MR) is 84.1 cm³/mol. The van der Waals surface area contributed by atoms with Crippen LogP contribution >= 0.6 is 0 Å². The molecule has 3 rings (SSSR count). The van der Waals surface area contributed by atoms with Crippen LogP contribution in [-0.4, -0.2) is 11.9 Å². The molecule has 0 bridgehead atoms. The van der Waals surface area contributed by atoms with Gasteiger partial charge in [0, 0.05) is 6.08 Å². The van der Waals surface area contributed by atoms with Crippen molar-refractivity contribution in [1.82, 2.24) is 0 Å². The van der Waals surface area contributed by atoms with Gasteiger partial charge in [-0.15, -0.1) is 0 Å². The summed E-state index contributed by atoms with van der Waals surface area (Å²) < 4.78 is 10.5. The highest BCUT2D eigenvalue weighted by molar-refractivity contribution is 6.11. The van der Waals surface area contributed by atoms with E-state index in [9.17, 15) is 9.59 Å². The van der Waals surface area contributed by atoms with Crippen LogP contribution in [0.25, 0.3) is 0 Å². The van der Waals surface area contributed by atoms with Crippen LogP contribution in [0.1, 0.15) is 11.1 Å². The average Bonchev–Trinajstić information content (AvgIpc) is 2.57. The molecule has 1 aliphatic rings. The highest BCUT2D eigenvalue weighted by atomic mass is 16.7. The maximum atomic E-state index is 12.8. The van der Waals surface area contributed by atoms with Gasteiger partial charge in [-0.3, -0.25) is 0 Å². The summed E-state index contributed by atoms with van der Waals surface area (Å²) >= 11 is 0. The molecule has 0 radical (unpaired) electrons. The van der Waals surface area contributed by atoms with Gasteiger partial charge in [-0.25, -0.2) is 9.59 Å². The number of rotatable bonds is 3. The Labute approximate surface area is 133 Å². The summed E-state index contributed by atoms with van der Waals surface area (Å²) in [5.74, 6) is -1.56. The number of esters is 2. The monoisotopic (exact) mass is 306 g/mol. The second kappa shape index (κ2) is 5.93. The lowest BCUT2D eigenvalue weighted by Crippen LogP contribution is -2.50. The Bertz CT molecular complexity index is 714. The Morgan fingerprint density at radius 2 is 1.22 bits per heavy atom. The van der Waals surface area contributed by atoms with Gasteiger partial charge in [0.25, 0.3) is 5.95 Å². The zero-order chi connectivity index (χ0) is 16.3. The summed E-state index contributed by atoms with van der Waals surface area (Å²) in [5.41, 5.74) is -0.640. The number of carbonyl (C=O) groups excluding carboxylic acids is 2. The lowest BCUT2D eigenvalue weighted by Gasteiger charge is -2.33. The van der Waals surface area contributed by atoms with Crippen LogP contribution in [0.15, 0.2) is 85.3 Å². The first-order valence-electron chi connectivity index (χ1n) is 7.08. The first kappa shape index (κ1) is 14.8. The van der Waals surface area contributed by atoms with Crippen molar-refractivity contribution < 1.29 is 19.1 Å². The van der Waals surface area contributed by atoms with E-state index >= 15 is 0 Å². The quantitative estimate of drug-likeness (QED) is 0.646. The summed E-state index contributed by atoms with van der Waals surface area (Å²) in [6, 6.07) is 17.5. The molecular weight excluding hydrogens is 292 g/mol. The van der Waals surface area contributed by atoms with Gasteiger partial charge in [-0.05, 0) is 11.1 Å². The number of hydrogen-bond donors (Lipinski definition) is 0. The van der Waals surface area contributed by atoms with Crippen LogP contribution in [0.5, 0.6) is 0 Å². The molecule has 2 aromatic rings. The van der Waals surface area contributed by atoms with E-state index in [-0.39, 0.29) is 5.95 Å². The number of cyclic esters (lactones) is 2. The van der Waals surface area contributed by atoms with Crippen LogP contribution in [0.3, 0.4) is 0 Å². The lowest BCUT2D eigenvalue weighted by atomic mass is 9.74. The van der Waals surface area contributed by atoms with Gasteiger partial charge < -0.3 is 9.47 Å². The fourth-order valence-corrected chi connectivity index (χ4v) is 2.62. The first-order valence-corrected chi connectivity index (χ1v) is 7.08. The molecule has 114 valence electrons. The molecule has 0 unspecified atom stereocenters. The van der Waals surface area contributed by atoms with Crippen LogP contribution in [0.2, 0.25) is 0 Å². The van der Waals surface area contributed by atoms with Crippen molar-refractivity contribution in [2.75, 3.05) is 0 Å². The molecule has 0 spiro atoms. The minimum absolute atomic E-state index is 0.169. The van der Waals surface area contributed by atoms with Gasteiger partial charge in [0.1, 0.15) is 0 Å². The standard InChI is InChI=1S/C19H14O4/c1-2-9-16-22-17(20)19(18(21)23-16,14-10-5-3-6-11-14)15-12-7-4-8-13-15/h2-13H,1H2. The van der Waals surface area contributed by atoms with Crippen molar-refractivity contribution in [2.45, 2.75) is 5.41 Å². The summed E-state index contributed by atoms with van der Waals surface area (Å²) in [5, 5.41) is 0. The highest BCUT2D eigenvalue weighted by Gasteiger charge is 2.56. The van der Waals surface area contributed by atoms with Crippen LogP contribution < -0.4 is 0 Å². The fourth-order valence-electron chi connectivity index (χ4n) is 2.62. The SMILES string of the molecule is C=CC=C1OC(=O)C(c2ccccc2)(c2ccccc2)C(=O)O1. The third kappa shape index (κ3) is 2.34. The van der Waals surface area contributed by atoms with E-state index in [0.29, 0.717) is 11.1 Å². The van der Waals surface area contributed by atoms with Gasteiger partial charge in [-0.2, -0.15) is 0 Å². The molecule has 0 atom stereocenters. The molecule has 0 aliphatic carbocycles. The molecule has 1 heterocycles. The van der Waals surface area contributed by atoms with Crippen molar-refractivity contribution in [2.24, 2.45) is 0 Å². The molecule has 0 N–H and O–H groups in total. The van der Waals surface area contributed by atoms with Crippen LogP contribution in [-0.2, 0) is 24.5 Å².